The molecule has 0 spiro atoms. The summed E-state index contributed by atoms with van der Waals surface area (Å²) in [5, 5.41) is 0. The maximum absolute atomic E-state index is 12.1. The molecule has 110 valence electrons. The summed E-state index contributed by atoms with van der Waals surface area (Å²) in [6, 6.07) is 5.33. The summed E-state index contributed by atoms with van der Waals surface area (Å²) < 4.78 is 28.3. The van der Waals surface area contributed by atoms with Gasteiger partial charge in [0, 0.05) is 34.0 Å². The molecule has 0 aromatic heterocycles. The molecule has 1 fully saturated rings. The predicted molar refractivity (Wildman–Crippen MR) is 80.8 cm³/mol. The molecule has 5 nitrogen and oxygen atoms in total. The number of ether oxygens (including phenoxy) is 1. The first-order valence-electron chi connectivity index (χ1n) is 5.86. The van der Waals surface area contributed by atoms with Crippen molar-refractivity contribution in [3.05, 3.63) is 22.7 Å². The number of amides is 1. The Morgan fingerprint density at radius 3 is 2.80 bits per heavy atom. The first-order chi connectivity index (χ1) is 9.30. The van der Waals surface area contributed by atoms with Crippen LogP contribution < -0.4 is 9.64 Å². The fourth-order valence-corrected chi connectivity index (χ4v) is 3.95. The molecule has 0 radical (unpaired) electrons. The first-order valence-corrected chi connectivity index (χ1v) is 9.13. The van der Waals surface area contributed by atoms with Crippen LogP contribution >= 0.6 is 26.6 Å². The summed E-state index contributed by atoms with van der Waals surface area (Å²) in [6.45, 7) is 0.317. The molecule has 1 atom stereocenters. The highest BCUT2D eigenvalue weighted by Crippen LogP contribution is 2.35. The largest absolute Gasteiger partial charge is 0.495 e. The minimum Gasteiger partial charge on any atom is -0.495 e. The average molecular weight is 383 g/mol. The number of halogens is 2. The summed E-state index contributed by atoms with van der Waals surface area (Å²) in [5.74, 6) is -0.0658. The van der Waals surface area contributed by atoms with Gasteiger partial charge < -0.3 is 9.64 Å². The predicted octanol–water partition coefficient (Wildman–Crippen LogP) is 2.38. The molecule has 1 amide bonds. The molecule has 1 saturated heterocycles. The van der Waals surface area contributed by atoms with E-state index < -0.39 is 9.05 Å². The van der Waals surface area contributed by atoms with E-state index in [1.165, 1.54) is 12.0 Å². The Balaban J connectivity index is 2.26. The van der Waals surface area contributed by atoms with Gasteiger partial charge in [-0.3, -0.25) is 4.79 Å². The summed E-state index contributed by atoms with van der Waals surface area (Å²) in [4.78, 5) is 13.6. The summed E-state index contributed by atoms with van der Waals surface area (Å²) >= 11 is 3.35. The zero-order valence-corrected chi connectivity index (χ0v) is 13.8. The van der Waals surface area contributed by atoms with Crippen molar-refractivity contribution >= 4 is 47.3 Å². The quantitative estimate of drug-likeness (QED) is 0.750. The molecule has 1 aliphatic rings. The number of anilines is 1. The van der Waals surface area contributed by atoms with E-state index in [2.05, 4.69) is 15.9 Å². The third kappa shape index (κ3) is 3.65. The Labute approximate surface area is 130 Å². The first kappa shape index (κ1) is 15.6. The lowest BCUT2D eigenvalue weighted by atomic mass is 10.1. The molecule has 20 heavy (non-hydrogen) atoms. The van der Waals surface area contributed by atoms with Crippen molar-refractivity contribution < 1.29 is 17.9 Å². The zero-order chi connectivity index (χ0) is 14.9. The topological polar surface area (TPSA) is 63.7 Å². The van der Waals surface area contributed by atoms with Crippen LogP contribution in [0.2, 0.25) is 0 Å². The van der Waals surface area contributed by atoms with Crippen molar-refractivity contribution in [2.45, 2.75) is 6.42 Å². The van der Waals surface area contributed by atoms with E-state index >= 15 is 0 Å². The van der Waals surface area contributed by atoms with Crippen LogP contribution in [0.25, 0.3) is 0 Å². The van der Waals surface area contributed by atoms with Gasteiger partial charge in [-0.05, 0) is 18.2 Å². The van der Waals surface area contributed by atoms with Crippen LogP contribution in [0.1, 0.15) is 6.42 Å². The van der Waals surface area contributed by atoms with Gasteiger partial charge in [0.15, 0.2) is 0 Å². The fourth-order valence-electron chi connectivity index (χ4n) is 2.28. The summed E-state index contributed by atoms with van der Waals surface area (Å²) in [6.07, 6.45) is 0.168. The maximum atomic E-state index is 12.1. The molecule has 8 heteroatoms. The Hall–Kier alpha value is -0.790. The molecular formula is C12H13BrClNO4S. The van der Waals surface area contributed by atoms with Crippen molar-refractivity contribution in [2.75, 3.05) is 24.3 Å². The Morgan fingerprint density at radius 1 is 1.50 bits per heavy atom. The van der Waals surface area contributed by atoms with Gasteiger partial charge in [0.2, 0.25) is 15.0 Å². The van der Waals surface area contributed by atoms with Gasteiger partial charge in [0.1, 0.15) is 5.75 Å². The standard InChI is InChI=1S/C12H13BrClNO4S/c1-19-11-3-2-9(13)5-10(11)15-6-8(4-12(15)16)7-20(14,17)18/h2-3,5,8H,4,6-7H2,1H3. The Kier molecular flexibility index (Phi) is 4.61. The number of methoxy groups -OCH3 is 1. The van der Waals surface area contributed by atoms with Gasteiger partial charge in [0.25, 0.3) is 0 Å². The molecular weight excluding hydrogens is 370 g/mol. The summed E-state index contributed by atoms with van der Waals surface area (Å²) in [7, 11) is 3.16. The second-order valence-corrected chi connectivity index (χ2v) is 8.33. The zero-order valence-electron chi connectivity index (χ0n) is 10.7. The second-order valence-electron chi connectivity index (χ2n) is 4.60. The van der Waals surface area contributed by atoms with Crippen molar-refractivity contribution in [1.29, 1.82) is 0 Å². The van der Waals surface area contributed by atoms with Crippen LogP contribution in [0.4, 0.5) is 5.69 Å². The lowest BCUT2D eigenvalue weighted by Crippen LogP contribution is -2.25. The smallest absolute Gasteiger partial charge is 0.232 e. The van der Waals surface area contributed by atoms with Gasteiger partial charge in [-0.1, -0.05) is 15.9 Å². The van der Waals surface area contributed by atoms with E-state index in [1.807, 2.05) is 6.07 Å². The highest BCUT2D eigenvalue weighted by Gasteiger charge is 2.34. The van der Waals surface area contributed by atoms with E-state index in [-0.39, 0.29) is 24.0 Å². The molecule has 1 unspecified atom stereocenters. The SMILES string of the molecule is COc1ccc(Br)cc1N1CC(CS(=O)(=O)Cl)CC1=O. The normalized spacial score (nSPS) is 19.4. The van der Waals surface area contributed by atoms with Crippen LogP contribution in [-0.4, -0.2) is 33.7 Å². The maximum Gasteiger partial charge on any atom is 0.232 e. The number of rotatable bonds is 4. The van der Waals surface area contributed by atoms with E-state index in [9.17, 15) is 13.2 Å². The molecule has 1 heterocycles. The van der Waals surface area contributed by atoms with Crippen LogP contribution in [0, 0.1) is 5.92 Å². The number of nitrogens with zero attached hydrogens (tertiary/aromatic N) is 1. The van der Waals surface area contributed by atoms with Gasteiger partial charge in [-0.15, -0.1) is 0 Å². The lowest BCUT2D eigenvalue weighted by molar-refractivity contribution is -0.117. The van der Waals surface area contributed by atoms with Crippen LogP contribution in [0.15, 0.2) is 22.7 Å². The third-order valence-corrected chi connectivity index (χ3v) is 4.81. The monoisotopic (exact) mass is 381 g/mol. The number of carbonyl (C=O) groups excluding carboxylic acids is 1. The number of benzene rings is 1. The van der Waals surface area contributed by atoms with Crippen LogP contribution in [-0.2, 0) is 13.8 Å². The second kappa shape index (κ2) is 5.91. The molecule has 0 aliphatic carbocycles. The number of carbonyl (C=O) groups is 1. The lowest BCUT2D eigenvalue weighted by Gasteiger charge is -2.19. The molecule has 1 aliphatic heterocycles. The highest BCUT2D eigenvalue weighted by molar-refractivity contribution is 9.10. The Bertz CT molecular complexity index is 634. The van der Waals surface area contributed by atoms with E-state index in [0.29, 0.717) is 18.0 Å². The average Bonchev–Trinajstić information content (AvgIpc) is 2.67. The minimum absolute atomic E-state index is 0.133. The molecule has 2 rings (SSSR count). The fraction of sp³-hybridized carbons (Fsp3) is 0.417. The van der Waals surface area contributed by atoms with Crippen molar-refractivity contribution in [1.82, 2.24) is 0 Å². The van der Waals surface area contributed by atoms with Gasteiger partial charge in [0.05, 0.1) is 18.6 Å². The van der Waals surface area contributed by atoms with Crippen LogP contribution in [0.3, 0.4) is 0 Å². The number of hydrogen-bond donors (Lipinski definition) is 0. The highest BCUT2D eigenvalue weighted by atomic mass is 79.9. The van der Waals surface area contributed by atoms with Crippen molar-refractivity contribution in [3.63, 3.8) is 0 Å². The summed E-state index contributed by atoms with van der Waals surface area (Å²) in [5.41, 5.74) is 0.626. The third-order valence-electron chi connectivity index (χ3n) is 3.07. The molecule has 0 N–H and O–H groups in total. The molecule has 0 saturated carbocycles. The van der Waals surface area contributed by atoms with E-state index in [1.54, 1.807) is 12.1 Å². The molecule has 1 aromatic rings. The molecule has 0 bridgehead atoms. The van der Waals surface area contributed by atoms with Crippen molar-refractivity contribution in [3.8, 4) is 5.75 Å². The Morgan fingerprint density at radius 2 is 2.20 bits per heavy atom. The minimum atomic E-state index is -3.61. The van der Waals surface area contributed by atoms with E-state index in [0.717, 1.165) is 4.47 Å². The van der Waals surface area contributed by atoms with Crippen molar-refractivity contribution in [2.24, 2.45) is 5.92 Å². The van der Waals surface area contributed by atoms with Gasteiger partial charge in [-0.25, -0.2) is 8.42 Å². The number of hydrogen-bond acceptors (Lipinski definition) is 4. The van der Waals surface area contributed by atoms with Gasteiger partial charge >= 0.3 is 0 Å². The van der Waals surface area contributed by atoms with Gasteiger partial charge in [-0.2, -0.15) is 0 Å². The van der Waals surface area contributed by atoms with Crippen LogP contribution in [0.5, 0.6) is 5.75 Å². The molecule has 1 aromatic carbocycles. The van der Waals surface area contributed by atoms with E-state index in [4.69, 9.17) is 15.4 Å².